The monoisotopic (exact) mass is 313 g/mol. The first-order valence-electron chi connectivity index (χ1n) is 7.64. The Morgan fingerprint density at radius 3 is 2.57 bits per heavy atom. The number of furan rings is 1. The zero-order valence-corrected chi connectivity index (χ0v) is 13.0. The van der Waals surface area contributed by atoms with Crippen LogP contribution >= 0.6 is 0 Å². The van der Waals surface area contributed by atoms with Crippen molar-refractivity contribution in [3.05, 3.63) is 59.0 Å². The number of nitrogens with one attached hydrogen (secondary N) is 1. The molecule has 0 radical (unpaired) electrons. The molecule has 1 amide bonds. The summed E-state index contributed by atoms with van der Waals surface area (Å²) in [4.78, 5) is 23.5. The van der Waals surface area contributed by atoms with E-state index in [-0.39, 0.29) is 23.6 Å². The molecule has 1 saturated carbocycles. The van der Waals surface area contributed by atoms with E-state index in [1.165, 1.54) is 11.8 Å². The minimum atomic E-state index is -1.01. The Labute approximate surface area is 134 Å². The second kappa shape index (κ2) is 5.91. The van der Waals surface area contributed by atoms with Gasteiger partial charge in [-0.1, -0.05) is 30.3 Å². The van der Waals surface area contributed by atoms with Gasteiger partial charge in [-0.05, 0) is 31.7 Å². The number of rotatable bonds is 6. The van der Waals surface area contributed by atoms with Crippen LogP contribution in [0, 0.1) is 6.92 Å². The van der Waals surface area contributed by atoms with Gasteiger partial charge < -0.3 is 14.8 Å². The van der Waals surface area contributed by atoms with Gasteiger partial charge in [0.1, 0.15) is 12.2 Å². The highest BCUT2D eigenvalue weighted by molar-refractivity contribution is 5.98. The molecule has 0 saturated heterocycles. The van der Waals surface area contributed by atoms with Gasteiger partial charge in [-0.15, -0.1) is 0 Å². The number of hydrogen-bond donors (Lipinski definition) is 2. The van der Waals surface area contributed by atoms with Gasteiger partial charge in [-0.3, -0.25) is 9.59 Å². The molecule has 1 aliphatic rings. The molecule has 2 aromatic rings. The molecule has 120 valence electrons. The summed E-state index contributed by atoms with van der Waals surface area (Å²) in [5.41, 5.74) is 1.98. The molecule has 0 spiro atoms. The zero-order chi connectivity index (χ0) is 16.4. The molecule has 5 heteroatoms. The molecule has 1 fully saturated rings. The summed E-state index contributed by atoms with van der Waals surface area (Å²) in [5.74, 6) is -1.05. The number of hydrogen-bond acceptors (Lipinski definition) is 3. The van der Waals surface area contributed by atoms with E-state index in [2.05, 4.69) is 5.32 Å². The van der Waals surface area contributed by atoms with E-state index in [0.29, 0.717) is 11.1 Å². The number of carbonyl (C=O) groups excluding carboxylic acids is 1. The van der Waals surface area contributed by atoms with Crippen LogP contribution in [0.15, 0.2) is 41.0 Å². The highest BCUT2D eigenvalue weighted by Crippen LogP contribution is 2.39. The van der Waals surface area contributed by atoms with E-state index in [1.54, 1.807) is 6.92 Å². The number of benzene rings is 1. The number of carbonyl (C=O) groups is 2. The topological polar surface area (TPSA) is 79.5 Å². The third-order valence-electron chi connectivity index (χ3n) is 4.21. The fourth-order valence-electron chi connectivity index (χ4n) is 2.86. The van der Waals surface area contributed by atoms with Gasteiger partial charge >= 0.3 is 5.97 Å². The molecule has 0 bridgehead atoms. The fourth-order valence-corrected chi connectivity index (χ4v) is 2.86. The van der Waals surface area contributed by atoms with Gasteiger partial charge in [0, 0.05) is 11.1 Å². The first-order chi connectivity index (χ1) is 11.0. The Morgan fingerprint density at radius 2 is 1.96 bits per heavy atom. The van der Waals surface area contributed by atoms with Crippen LogP contribution in [0.1, 0.15) is 40.1 Å². The van der Waals surface area contributed by atoms with E-state index in [1.807, 2.05) is 30.3 Å². The van der Waals surface area contributed by atoms with Crippen molar-refractivity contribution in [1.29, 1.82) is 0 Å². The minimum Gasteiger partial charge on any atom is -0.481 e. The predicted octanol–water partition coefficient (Wildman–Crippen LogP) is 2.72. The maximum atomic E-state index is 12.6. The first kappa shape index (κ1) is 15.3. The highest BCUT2D eigenvalue weighted by atomic mass is 16.4. The summed E-state index contributed by atoms with van der Waals surface area (Å²) >= 11 is 0. The lowest BCUT2D eigenvalue weighted by Gasteiger charge is -2.18. The largest absolute Gasteiger partial charge is 0.481 e. The Hall–Kier alpha value is -2.56. The van der Waals surface area contributed by atoms with Crippen LogP contribution in [0.25, 0.3) is 0 Å². The average molecular weight is 313 g/mol. The Bertz CT molecular complexity index is 729. The predicted molar refractivity (Wildman–Crippen MR) is 84.4 cm³/mol. The van der Waals surface area contributed by atoms with E-state index < -0.39 is 5.97 Å². The number of aliphatic carboxylic acids is 1. The summed E-state index contributed by atoms with van der Waals surface area (Å²) in [7, 11) is 0. The number of carboxylic acids is 1. The van der Waals surface area contributed by atoms with Gasteiger partial charge in [0.05, 0.1) is 11.8 Å². The number of aryl methyl sites for hydroxylation is 1. The van der Waals surface area contributed by atoms with Gasteiger partial charge in [0.25, 0.3) is 5.91 Å². The van der Waals surface area contributed by atoms with Crippen molar-refractivity contribution < 1.29 is 19.1 Å². The molecule has 23 heavy (non-hydrogen) atoms. The van der Waals surface area contributed by atoms with Crippen LogP contribution in [-0.4, -0.2) is 22.5 Å². The van der Waals surface area contributed by atoms with Crippen LogP contribution in [0.2, 0.25) is 0 Å². The smallest absolute Gasteiger partial charge is 0.311 e. The van der Waals surface area contributed by atoms with Crippen molar-refractivity contribution in [3.8, 4) is 0 Å². The third-order valence-corrected chi connectivity index (χ3v) is 4.21. The molecular weight excluding hydrogens is 294 g/mol. The normalized spacial score (nSPS) is 15.2. The third kappa shape index (κ3) is 3.44. The molecule has 2 N–H and O–H groups in total. The van der Waals surface area contributed by atoms with Crippen molar-refractivity contribution in [2.75, 3.05) is 0 Å². The minimum absolute atomic E-state index is 0.211. The van der Waals surface area contributed by atoms with Crippen LogP contribution in [0.5, 0.6) is 0 Å². The van der Waals surface area contributed by atoms with Crippen molar-refractivity contribution >= 4 is 11.9 Å². The molecule has 0 atom stereocenters. The number of amides is 1. The molecule has 0 unspecified atom stereocenters. The Morgan fingerprint density at radius 1 is 1.26 bits per heavy atom. The standard InChI is InChI=1S/C18H19NO4/c1-12-11-23-14(9-15(20)21)16(12)17(22)19-18(7-8-18)10-13-5-3-2-4-6-13/h2-6,11H,7-10H2,1H3,(H,19,22)(H,20,21). The van der Waals surface area contributed by atoms with E-state index >= 15 is 0 Å². The molecule has 1 heterocycles. The molecule has 5 nitrogen and oxygen atoms in total. The van der Waals surface area contributed by atoms with Crippen LogP contribution < -0.4 is 5.32 Å². The van der Waals surface area contributed by atoms with Crippen molar-refractivity contribution in [3.63, 3.8) is 0 Å². The summed E-state index contributed by atoms with van der Waals surface area (Å²) in [5, 5.41) is 12.0. The molecule has 3 rings (SSSR count). The Kier molecular flexibility index (Phi) is 3.94. The van der Waals surface area contributed by atoms with E-state index in [0.717, 1.165) is 19.3 Å². The average Bonchev–Trinajstić information content (AvgIpc) is 3.14. The van der Waals surface area contributed by atoms with Gasteiger partial charge in [-0.25, -0.2) is 0 Å². The van der Waals surface area contributed by atoms with E-state index in [4.69, 9.17) is 9.52 Å². The quantitative estimate of drug-likeness (QED) is 0.859. The molecule has 0 aliphatic heterocycles. The van der Waals surface area contributed by atoms with Crippen LogP contribution in [0.3, 0.4) is 0 Å². The molecule has 1 aromatic heterocycles. The second-order valence-electron chi connectivity index (χ2n) is 6.18. The highest BCUT2D eigenvalue weighted by Gasteiger charge is 2.44. The molecule has 1 aromatic carbocycles. The lowest BCUT2D eigenvalue weighted by molar-refractivity contribution is -0.136. The molecule has 1 aliphatic carbocycles. The fraction of sp³-hybridized carbons (Fsp3) is 0.333. The summed E-state index contributed by atoms with van der Waals surface area (Å²) < 4.78 is 5.24. The van der Waals surface area contributed by atoms with Crippen molar-refractivity contribution in [1.82, 2.24) is 5.32 Å². The van der Waals surface area contributed by atoms with Crippen LogP contribution in [-0.2, 0) is 17.6 Å². The van der Waals surface area contributed by atoms with Gasteiger partial charge in [0.15, 0.2) is 0 Å². The zero-order valence-electron chi connectivity index (χ0n) is 13.0. The lowest BCUT2D eigenvalue weighted by atomic mass is 10.0. The lowest BCUT2D eigenvalue weighted by Crippen LogP contribution is -2.39. The summed E-state index contributed by atoms with van der Waals surface area (Å²) in [6.07, 6.45) is 3.79. The van der Waals surface area contributed by atoms with Crippen molar-refractivity contribution in [2.45, 2.75) is 38.1 Å². The summed E-state index contributed by atoms with van der Waals surface area (Å²) in [6, 6.07) is 10.0. The van der Waals surface area contributed by atoms with E-state index in [9.17, 15) is 9.59 Å². The Balaban J connectivity index is 1.74. The van der Waals surface area contributed by atoms with Gasteiger partial charge in [0.2, 0.25) is 0 Å². The SMILES string of the molecule is Cc1coc(CC(=O)O)c1C(=O)NC1(Cc2ccccc2)CC1. The summed E-state index contributed by atoms with van der Waals surface area (Å²) in [6.45, 7) is 1.75. The first-order valence-corrected chi connectivity index (χ1v) is 7.64. The van der Waals surface area contributed by atoms with Crippen LogP contribution in [0.4, 0.5) is 0 Å². The second-order valence-corrected chi connectivity index (χ2v) is 6.18. The van der Waals surface area contributed by atoms with Gasteiger partial charge in [-0.2, -0.15) is 0 Å². The molecular formula is C18H19NO4. The number of carboxylic acid groups (broad SMARTS) is 1. The maximum Gasteiger partial charge on any atom is 0.311 e. The maximum absolute atomic E-state index is 12.6. The van der Waals surface area contributed by atoms with Crippen molar-refractivity contribution in [2.24, 2.45) is 0 Å².